The molecular weight excluding hydrogens is 306 g/mol. The van der Waals surface area contributed by atoms with Crippen molar-refractivity contribution in [2.45, 2.75) is 12.8 Å². The van der Waals surface area contributed by atoms with Crippen LogP contribution < -0.4 is 4.74 Å². The van der Waals surface area contributed by atoms with Crippen molar-refractivity contribution in [1.29, 1.82) is 0 Å². The van der Waals surface area contributed by atoms with Crippen LogP contribution in [0.1, 0.15) is 18.4 Å². The van der Waals surface area contributed by atoms with Crippen LogP contribution >= 0.6 is 11.6 Å². The summed E-state index contributed by atoms with van der Waals surface area (Å²) >= 11 is 6.11. The molecule has 0 aromatic heterocycles. The van der Waals surface area contributed by atoms with Gasteiger partial charge in [0.2, 0.25) is 0 Å². The molecule has 0 aliphatic carbocycles. The molecule has 0 bridgehead atoms. The largest absolute Gasteiger partial charge is 0.490 e. The van der Waals surface area contributed by atoms with Crippen LogP contribution in [0.3, 0.4) is 0 Å². The predicted molar refractivity (Wildman–Crippen MR) is 85.6 cm³/mol. The molecule has 0 radical (unpaired) electrons. The number of ether oxygens (including phenoxy) is 2. The van der Waals surface area contributed by atoms with Crippen molar-refractivity contribution in [3.63, 3.8) is 0 Å². The number of carbonyl (C=O) groups is 1. The van der Waals surface area contributed by atoms with Crippen LogP contribution in [-0.2, 0) is 4.74 Å². The summed E-state index contributed by atoms with van der Waals surface area (Å²) in [4.78, 5) is 12.3. The van der Waals surface area contributed by atoms with E-state index < -0.39 is 6.09 Å². The van der Waals surface area contributed by atoms with E-state index in [4.69, 9.17) is 26.2 Å². The number of likely N-dealkylation sites (tertiary alicyclic amines) is 1. The summed E-state index contributed by atoms with van der Waals surface area (Å²) in [7, 11) is 1.62. The van der Waals surface area contributed by atoms with E-state index >= 15 is 0 Å². The van der Waals surface area contributed by atoms with Crippen LogP contribution in [-0.4, -0.2) is 49.5 Å². The zero-order valence-corrected chi connectivity index (χ0v) is 13.3. The molecule has 1 fully saturated rings. The minimum Gasteiger partial charge on any atom is -0.490 e. The van der Waals surface area contributed by atoms with Crippen LogP contribution in [0.5, 0.6) is 5.75 Å². The van der Waals surface area contributed by atoms with Gasteiger partial charge >= 0.3 is 6.09 Å². The first-order chi connectivity index (χ1) is 10.6. The molecule has 1 heterocycles. The summed E-state index contributed by atoms with van der Waals surface area (Å²) in [6, 6.07) is 5.64. The molecule has 5 nitrogen and oxygen atoms in total. The topological polar surface area (TPSA) is 59.0 Å². The van der Waals surface area contributed by atoms with Crippen molar-refractivity contribution in [3.05, 3.63) is 34.4 Å². The number of piperidine rings is 1. The molecule has 1 aromatic carbocycles. The van der Waals surface area contributed by atoms with E-state index in [1.807, 2.05) is 18.2 Å². The molecule has 6 heteroatoms. The Morgan fingerprint density at radius 1 is 1.36 bits per heavy atom. The van der Waals surface area contributed by atoms with Crippen molar-refractivity contribution < 1.29 is 19.4 Å². The SMILES string of the molecule is COCCOc1cc(C=C2CCN(C(=O)O)CC2)ccc1Cl. The Bertz CT molecular complexity index is 549. The van der Waals surface area contributed by atoms with Crippen LogP contribution in [0, 0.1) is 0 Å². The molecular formula is C16H20ClNO4. The highest BCUT2D eigenvalue weighted by Crippen LogP contribution is 2.28. The smallest absolute Gasteiger partial charge is 0.407 e. The molecule has 1 aromatic rings. The number of hydrogen-bond acceptors (Lipinski definition) is 3. The molecule has 0 saturated carbocycles. The number of methoxy groups -OCH3 is 1. The number of nitrogens with zero attached hydrogens (tertiary/aromatic N) is 1. The first-order valence-corrected chi connectivity index (χ1v) is 7.56. The third-order valence-electron chi connectivity index (χ3n) is 3.55. The first-order valence-electron chi connectivity index (χ1n) is 7.18. The Hall–Kier alpha value is -1.72. The Kier molecular flexibility index (Phi) is 6.10. The summed E-state index contributed by atoms with van der Waals surface area (Å²) in [5.74, 6) is 0.635. The Balaban J connectivity index is 2.02. The van der Waals surface area contributed by atoms with Gasteiger partial charge in [0.25, 0.3) is 0 Å². The monoisotopic (exact) mass is 325 g/mol. The minimum atomic E-state index is -0.848. The lowest BCUT2D eigenvalue weighted by molar-refractivity contribution is 0.142. The van der Waals surface area contributed by atoms with E-state index in [0.29, 0.717) is 37.1 Å². The van der Waals surface area contributed by atoms with E-state index in [1.54, 1.807) is 7.11 Å². The van der Waals surface area contributed by atoms with E-state index in [2.05, 4.69) is 6.08 Å². The maximum atomic E-state index is 10.9. The summed E-state index contributed by atoms with van der Waals surface area (Å²) in [5, 5.41) is 9.52. The molecule has 1 aliphatic rings. The first kappa shape index (κ1) is 16.6. The van der Waals surface area contributed by atoms with Gasteiger partial charge in [-0.1, -0.05) is 29.3 Å². The molecule has 2 rings (SSSR count). The van der Waals surface area contributed by atoms with Gasteiger partial charge in [-0.15, -0.1) is 0 Å². The molecule has 0 unspecified atom stereocenters. The molecule has 120 valence electrons. The number of carboxylic acid groups (broad SMARTS) is 1. The normalized spacial score (nSPS) is 14.8. The fourth-order valence-electron chi connectivity index (χ4n) is 2.32. The molecule has 1 amide bonds. The number of rotatable bonds is 5. The molecule has 1 aliphatic heterocycles. The Labute approximate surface area is 135 Å². The molecule has 0 spiro atoms. The summed E-state index contributed by atoms with van der Waals surface area (Å²) < 4.78 is 10.5. The second kappa shape index (κ2) is 8.06. The maximum absolute atomic E-state index is 10.9. The van der Waals surface area contributed by atoms with Gasteiger partial charge in [0.15, 0.2) is 0 Å². The summed E-state index contributed by atoms with van der Waals surface area (Å²) in [5.41, 5.74) is 2.25. The average molecular weight is 326 g/mol. The van der Waals surface area contributed by atoms with Crippen molar-refractivity contribution in [2.75, 3.05) is 33.4 Å². The van der Waals surface area contributed by atoms with E-state index in [0.717, 1.165) is 18.4 Å². The quantitative estimate of drug-likeness (QED) is 0.841. The highest BCUT2D eigenvalue weighted by Gasteiger charge is 2.17. The fourth-order valence-corrected chi connectivity index (χ4v) is 2.49. The molecule has 1 N–H and O–H groups in total. The van der Waals surface area contributed by atoms with Gasteiger partial charge in [-0.2, -0.15) is 0 Å². The third-order valence-corrected chi connectivity index (χ3v) is 3.86. The highest BCUT2D eigenvalue weighted by atomic mass is 35.5. The number of amides is 1. The van der Waals surface area contributed by atoms with Crippen LogP contribution in [0.15, 0.2) is 23.8 Å². The lowest BCUT2D eigenvalue weighted by Crippen LogP contribution is -2.35. The molecule has 0 atom stereocenters. The van der Waals surface area contributed by atoms with E-state index in [-0.39, 0.29) is 0 Å². The van der Waals surface area contributed by atoms with Gasteiger partial charge in [0, 0.05) is 20.2 Å². The number of halogens is 1. The third kappa shape index (κ3) is 4.64. The predicted octanol–water partition coefficient (Wildman–Crippen LogP) is 3.52. The van der Waals surface area contributed by atoms with Gasteiger partial charge in [-0.05, 0) is 30.5 Å². The van der Waals surface area contributed by atoms with Gasteiger partial charge in [0.05, 0.1) is 11.6 Å². The molecule has 22 heavy (non-hydrogen) atoms. The van der Waals surface area contributed by atoms with Crippen molar-refractivity contribution in [1.82, 2.24) is 4.90 Å². The zero-order valence-electron chi connectivity index (χ0n) is 12.5. The van der Waals surface area contributed by atoms with Gasteiger partial charge in [-0.25, -0.2) is 4.79 Å². The second-order valence-corrected chi connectivity index (χ2v) is 5.51. The summed E-state index contributed by atoms with van der Waals surface area (Å²) in [6.07, 6.45) is 2.75. The standard InChI is InChI=1S/C16H20ClNO4/c1-21-8-9-22-15-11-13(2-3-14(15)17)10-12-4-6-18(7-5-12)16(19)20/h2-3,10-11H,4-9H2,1H3,(H,19,20). The number of benzene rings is 1. The van der Waals surface area contributed by atoms with Crippen LogP contribution in [0.2, 0.25) is 5.02 Å². The van der Waals surface area contributed by atoms with Crippen molar-refractivity contribution >= 4 is 23.8 Å². The lowest BCUT2D eigenvalue weighted by atomic mass is 10.0. The van der Waals surface area contributed by atoms with Gasteiger partial charge in [0.1, 0.15) is 12.4 Å². The highest BCUT2D eigenvalue weighted by molar-refractivity contribution is 6.32. The lowest BCUT2D eigenvalue weighted by Gasteiger charge is -2.25. The van der Waals surface area contributed by atoms with Crippen LogP contribution in [0.4, 0.5) is 4.79 Å². The second-order valence-electron chi connectivity index (χ2n) is 5.10. The average Bonchev–Trinajstić information content (AvgIpc) is 2.51. The fraction of sp³-hybridized carbons (Fsp3) is 0.438. The van der Waals surface area contributed by atoms with Gasteiger partial charge < -0.3 is 19.5 Å². The van der Waals surface area contributed by atoms with E-state index in [1.165, 1.54) is 10.5 Å². The zero-order chi connectivity index (χ0) is 15.9. The molecule has 1 saturated heterocycles. The van der Waals surface area contributed by atoms with Crippen molar-refractivity contribution in [2.24, 2.45) is 0 Å². The Morgan fingerprint density at radius 3 is 2.73 bits per heavy atom. The van der Waals surface area contributed by atoms with Crippen molar-refractivity contribution in [3.8, 4) is 5.75 Å². The maximum Gasteiger partial charge on any atom is 0.407 e. The van der Waals surface area contributed by atoms with Gasteiger partial charge in [-0.3, -0.25) is 0 Å². The number of hydrogen-bond donors (Lipinski definition) is 1. The van der Waals surface area contributed by atoms with Crippen LogP contribution in [0.25, 0.3) is 6.08 Å². The summed E-state index contributed by atoms with van der Waals surface area (Å²) in [6.45, 7) is 2.05. The minimum absolute atomic E-state index is 0.448. The Morgan fingerprint density at radius 2 is 2.09 bits per heavy atom. The van der Waals surface area contributed by atoms with E-state index in [9.17, 15) is 4.79 Å².